The molecule has 0 saturated heterocycles. The maximum absolute atomic E-state index is 6.04. The van der Waals surface area contributed by atoms with E-state index in [-0.39, 0.29) is 6.04 Å². The van der Waals surface area contributed by atoms with Gasteiger partial charge in [0.15, 0.2) is 0 Å². The van der Waals surface area contributed by atoms with E-state index in [0.717, 1.165) is 50.7 Å². The number of benzene rings is 3. The molecule has 0 spiro atoms. The number of ether oxygens (including phenoxy) is 2. The smallest absolute Gasteiger partial charge is 0.120 e. The van der Waals surface area contributed by atoms with E-state index in [4.69, 9.17) is 9.47 Å². The first kappa shape index (κ1) is 22.4. The first-order valence-corrected chi connectivity index (χ1v) is 11.7. The zero-order chi connectivity index (χ0) is 22.2. The predicted octanol–water partition coefficient (Wildman–Crippen LogP) is 5.22. The molecule has 0 amide bonds. The Hall–Kier alpha value is -2.82. The first-order chi connectivity index (χ1) is 15.8. The van der Waals surface area contributed by atoms with Crippen LogP contribution in [-0.4, -0.2) is 37.7 Å². The maximum atomic E-state index is 6.04. The van der Waals surface area contributed by atoms with Crippen LogP contribution in [-0.2, 0) is 13.0 Å². The number of nitrogens with one attached hydrogen (secondary N) is 1. The molecule has 1 N–H and O–H groups in total. The Kier molecular flexibility index (Phi) is 7.81. The van der Waals surface area contributed by atoms with Crippen molar-refractivity contribution in [3.63, 3.8) is 0 Å². The molecule has 4 nitrogen and oxygen atoms in total. The van der Waals surface area contributed by atoms with Gasteiger partial charge in [-0.05, 0) is 66.0 Å². The third kappa shape index (κ3) is 5.70. The standard InChI is InChI=1S/C28H34N2O2/c1-3-30(4-2)18-19-31-25-12-10-23(11-13-25)28-27-15-14-26(20-24(27)16-17-29-28)32-21-22-8-6-5-7-9-22/h5-15,20,28-29H,3-4,16-19,21H2,1-2H3. The minimum atomic E-state index is 0.201. The van der Waals surface area contributed by atoms with Crippen molar-refractivity contribution in [3.05, 3.63) is 95.1 Å². The van der Waals surface area contributed by atoms with Gasteiger partial charge in [-0.25, -0.2) is 0 Å². The summed E-state index contributed by atoms with van der Waals surface area (Å²) in [4.78, 5) is 2.37. The lowest BCUT2D eigenvalue weighted by molar-refractivity contribution is 0.223. The van der Waals surface area contributed by atoms with E-state index in [9.17, 15) is 0 Å². The molecule has 1 unspecified atom stereocenters. The lowest BCUT2D eigenvalue weighted by Gasteiger charge is -2.28. The number of rotatable bonds is 10. The highest BCUT2D eigenvalue weighted by atomic mass is 16.5. The van der Waals surface area contributed by atoms with E-state index in [1.807, 2.05) is 18.2 Å². The molecule has 0 bridgehead atoms. The number of hydrogen-bond acceptors (Lipinski definition) is 4. The molecule has 4 rings (SSSR count). The van der Waals surface area contributed by atoms with Crippen LogP contribution in [0.15, 0.2) is 72.8 Å². The molecule has 0 saturated carbocycles. The van der Waals surface area contributed by atoms with Gasteiger partial charge >= 0.3 is 0 Å². The van der Waals surface area contributed by atoms with E-state index in [2.05, 4.69) is 78.7 Å². The molecule has 168 valence electrons. The van der Waals surface area contributed by atoms with Gasteiger partial charge in [-0.2, -0.15) is 0 Å². The normalized spacial score (nSPS) is 15.4. The Morgan fingerprint density at radius 2 is 1.62 bits per heavy atom. The van der Waals surface area contributed by atoms with E-state index in [0.29, 0.717) is 6.61 Å². The van der Waals surface area contributed by atoms with Crippen molar-refractivity contribution in [1.29, 1.82) is 0 Å². The Morgan fingerprint density at radius 1 is 0.875 bits per heavy atom. The molecule has 3 aromatic rings. The number of likely N-dealkylation sites (N-methyl/N-ethyl adjacent to an activating group) is 1. The van der Waals surface area contributed by atoms with Gasteiger partial charge in [0, 0.05) is 13.1 Å². The summed E-state index contributed by atoms with van der Waals surface area (Å²) in [6.45, 7) is 9.73. The number of fused-ring (bicyclic) bond motifs is 1. The third-order valence-electron chi connectivity index (χ3n) is 6.20. The van der Waals surface area contributed by atoms with Crippen molar-refractivity contribution in [2.45, 2.75) is 32.9 Å². The van der Waals surface area contributed by atoms with Gasteiger partial charge in [0.1, 0.15) is 24.7 Å². The summed E-state index contributed by atoms with van der Waals surface area (Å²) in [5, 5.41) is 3.67. The molecule has 0 aromatic heterocycles. The molecular formula is C28H34N2O2. The fraction of sp³-hybridized carbons (Fsp3) is 0.357. The van der Waals surface area contributed by atoms with Crippen molar-refractivity contribution in [3.8, 4) is 11.5 Å². The van der Waals surface area contributed by atoms with Crippen molar-refractivity contribution in [1.82, 2.24) is 10.2 Å². The highest BCUT2D eigenvalue weighted by molar-refractivity contribution is 5.44. The zero-order valence-corrected chi connectivity index (χ0v) is 19.2. The Balaban J connectivity index is 1.39. The Labute approximate surface area is 192 Å². The second-order valence-corrected chi connectivity index (χ2v) is 8.22. The van der Waals surface area contributed by atoms with E-state index >= 15 is 0 Å². The van der Waals surface area contributed by atoms with Gasteiger partial charge in [-0.15, -0.1) is 0 Å². The summed E-state index contributed by atoms with van der Waals surface area (Å²) in [6, 6.07) is 25.5. The van der Waals surface area contributed by atoms with Crippen LogP contribution in [0.3, 0.4) is 0 Å². The van der Waals surface area contributed by atoms with Crippen molar-refractivity contribution in [2.24, 2.45) is 0 Å². The van der Waals surface area contributed by atoms with E-state index < -0.39 is 0 Å². The Bertz CT molecular complexity index is 968. The largest absolute Gasteiger partial charge is 0.492 e. The lowest BCUT2D eigenvalue weighted by atomic mass is 9.89. The second kappa shape index (κ2) is 11.2. The summed E-state index contributed by atoms with van der Waals surface area (Å²) < 4.78 is 12.0. The van der Waals surface area contributed by atoms with Crippen LogP contribution >= 0.6 is 0 Å². The topological polar surface area (TPSA) is 33.7 Å². The van der Waals surface area contributed by atoms with Crippen LogP contribution in [0.25, 0.3) is 0 Å². The van der Waals surface area contributed by atoms with Crippen LogP contribution in [0.1, 0.15) is 42.1 Å². The van der Waals surface area contributed by atoms with Crippen LogP contribution in [0, 0.1) is 0 Å². The predicted molar refractivity (Wildman–Crippen MR) is 130 cm³/mol. The summed E-state index contributed by atoms with van der Waals surface area (Å²) in [5.74, 6) is 1.87. The fourth-order valence-corrected chi connectivity index (χ4v) is 4.26. The average Bonchev–Trinajstić information content (AvgIpc) is 2.86. The summed E-state index contributed by atoms with van der Waals surface area (Å²) in [5.41, 5.74) is 5.14. The molecular weight excluding hydrogens is 396 g/mol. The first-order valence-electron chi connectivity index (χ1n) is 11.7. The summed E-state index contributed by atoms with van der Waals surface area (Å²) in [6.07, 6.45) is 1.01. The van der Waals surface area contributed by atoms with Crippen molar-refractivity contribution in [2.75, 3.05) is 32.8 Å². The second-order valence-electron chi connectivity index (χ2n) is 8.22. The van der Waals surface area contributed by atoms with Crippen LogP contribution in [0.4, 0.5) is 0 Å². The lowest BCUT2D eigenvalue weighted by Crippen LogP contribution is -2.30. The fourth-order valence-electron chi connectivity index (χ4n) is 4.26. The van der Waals surface area contributed by atoms with Gasteiger partial charge in [-0.3, -0.25) is 0 Å². The van der Waals surface area contributed by atoms with Crippen LogP contribution in [0.5, 0.6) is 11.5 Å². The molecule has 1 aliphatic rings. The summed E-state index contributed by atoms with van der Waals surface area (Å²) >= 11 is 0. The van der Waals surface area contributed by atoms with Crippen LogP contribution in [0.2, 0.25) is 0 Å². The molecule has 32 heavy (non-hydrogen) atoms. The number of nitrogens with zero attached hydrogens (tertiary/aromatic N) is 1. The van der Waals surface area contributed by atoms with Gasteiger partial charge in [-0.1, -0.05) is 62.4 Å². The highest BCUT2D eigenvalue weighted by Crippen LogP contribution is 2.32. The summed E-state index contributed by atoms with van der Waals surface area (Å²) in [7, 11) is 0. The molecule has 4 heteroatoms. The van der Waals surface area contributed by atoms with Crippen molar-refractivity contribution < 1.29 is 9.47 Å². The highest BCUT2D eigenvalue weighted by Gasteiger charge is 2.21. The quantitative estimate of drug-likeness (QED) is 0.478. The monoisotopic (exact) mass is 430 g/mol. The molecule has 1 heterocycles. The van der Waals surface area contributed by atoms with Gasteiger partial charge in [0.2, 0.25) is 0 Å². The molecule has 0 aliphatic carbocycles. The third-order valence-corrected chi connectivity index (χ3v) is 6.20. The molecule has 1 atom stereocenters. The minimum Gasteiger partial charge on any atom is -0.492 e. The molecule has 0 radical (unpaired) electrons. The van der Waals surface area contributed by atoms with E-state index in [1.165, 1.54) is 22.3 Å². The van der Waals surface area contributed by atoms with Crippen LogP contribution < -0.4 is 14.8 Å². The average molecular weight is 431 g/mol. The molecule has 1 aliphatic heterocycles. The van der Waals surface area contributed by atoms with Gasteiger partial charge in [0.25, 0.3) is 0 Å². The maximum Gasteiger partial charge on any atom is 0.120 e. The molecule has 0 fully saturated rings. The minimum absolute atomic E-state index is 0.201. The SMILES string of the molecule is CCN(CC)CCOc1ccc(C2NCCc3cc(OCc4ccccc4)ccc32)cc1. The Morgan fingerprint density at radius 3 is 2.38 bits per heavy atom. The van der Waals surface area contributed by atoms with Gasteiger partial charge in [0.05, 0.1) is 6.04 Å². The number of hydrogen-bond donors (Lipinski definition) is 1. The molecule has 3 aromatic carbocycles. The van der Waals surface area contributed by atoms with Gasteiger partial charge < -0.3 is 19.7 Å². The zero-order valence-electron chi connectivity index (χ0n) is 19.2. The van der Waals surface area contributed by atoms with Crippen molar-refractivity contribution >= 4 is 0 Å². The van der Waals surface area contributed by atoms with E-state index in [1.54, 1.807) is 0 Å².